The van der Waals surface area contributed by atoms with E-state index < -0.39 is 0 Å². The maximum Gasteiger partial charge on any atom is 0.246 e. The molecule has 0 aromatic heterocycles. The first-order valence-corrected chi connectivity index (χ1v) is 4.71. The Morgan fingerprint density at radius 1 is 1.62 bits per heavy atom. The van der Waals surface area contributed by atoms with E-state index in [1.165, 1.54) is 0 Å². The molecule has 2 nitrogen and oxygen atoms in total. The summed E-state index contributed by atoms with van der Waals surface area (Å²) < 4.78 is 0. The number of allylic oxidation sites excluding steroid dienone is 1. The van der Waals surface area contributed by atoms with Crippen molar-refractivity contribution in [3.8, 4) is 0 Å². The zero-order valence-electron chi connectivity index (χ0n) is 8.76. The van der Waals surface area contributed by atoms with Gasteiger partial charge < -0.3 is 5.32 Å². The molecule has 0 bridgehead atoms. The molecule has 1 amide bonds. The van der Waals surface area contributed by atoms with Gasteiger partial charge in [-0.2, -0.15) is 0 Å². The standard InChI is InChI=1S/C11H19NO/c1-5-9(4)8-12-11(13)10(6-2)7-3/h5-6,9H,1,7-8H2,2-4H3,(H,12,13)/b10-6-. The number of carbonyl (C=O) groups excluding carboxylic acids is 1. The molecule has 0 aliphatic carbocycles. The van der Waals surface area contributed by atoms with Crippen molar-refractivity contribution in [2.24, 2.45) is 5.92 Å². The molecule has 13 heavy (non-hydrogen) atoms. The summed E-state index contributed by atoms with van der Waals surface area (Å²) in [5, 5.41) is 2.86. The summed E-state index contributed by atoms with van der Waals surface area (Å²) in [5.41, 5.74) is 0.844. The zero-order chi connectivity index (χ0) is 10.3. The van der Waals surface area contributed by atoms with Crippen LogP contribution < -0.4 is 5.32 Å². The first-order chi connectivity index (χ1) is 6.15. The van der Waals surface area contributed by atoms with Gasteiger partial charge in [0, 0.05) is 12.1 Å². The minimum Gasteiger partial charge on any atom is -0.352 e. The number of hydrogen-bond acceptors (Lipinski definition) is 1. The molecule has 0 aliphatic heterocycles. The van der Waals surface area contributed by atoms with Crippen LogP contribution in [0.3, 0.4) is 0 Å². The lowest BCUT2D eigenvalue weighted by molar-refractivity contribution is -0.117. The van der Waals surface area contributed by atoms with Gasteiger partial charge in [0.1, 0.15) is 0 Å². The Hall–Kier alpha value is -1.05. The normalized spacial score (nSPS) is 13.6. The summed E-state index contributed by atoms with van der Waals surface area (Å²) in [4.78, 5) is 11.4. The smallest absolute Gasteiger partial charge is 0.246 e. The summed E-state index contributed by atoms with van der Waals surface area (Å²) in [5.74, 6) is 0.373. The number of amides is 1. The summed E-state index contributed by atoms with van der Waals surface area (Å²) in [6.45, 7) is 10.2. The van der Waals surface area contributed by atoms with Gasteiger partial charge in [0.05, 0.1) is 0 Å². The van der Waals surface area contributed by atoms with Crippen LogP contribution in [0.15, 0.2) is 24.3 Å². The molecule has 0 spiro atoms. The second-order valence-corrected chi connectivity index (χ2v) is 3.09. The van der Waals surface area contributed by atoms with Crippen LogP contribution in [-0.2, 0) is 4.79 Å². The highest BCUT2D eigenvalue weighted by Gasteiger charge is 2.05. The van der Waals surface area contributed by atoms with Gasteiger partial charge >= 0.3 is 0 Å². The van der Waals surface area contributed by atoms with Crippen molar-refractivity contribution in [3.05, 3.63) is 24.3 Å². The molecule has 1 atom stereocenters. The molecular formula is C11H19NO. The molecule has 0 saturated heterocycles. The Labute approximate surface area is 80.7 Å². The lowest BCUT2D eigenvalue weighted by Gasteiger charge is -2.09. The highest BCUT2D eigenvalue weighted by molar-refractivity contribution is 5.93. The van der Waals surface area contributed by atoms with Crippen molar-refractivity contribution >= 4 is 5.91 Å². The highest BCUT2D eigenvalue weighted by atomic mass is 16.1. The lowest BCUT2D eigenvalue weighted by atomic mass is 10.1. The van der Waals surface area contributed by atoms with Crippen LogP contribution in [0.2, 0.25) is 0 Å². The third-order valence-corrected chi connectivity index (χ3v) is 2.01. The minimum absolute atomic E-state index is 0.0405. The maximum absolute atomic E-state index is 11.4. The average Bonchev–Trinajstić information content (AvgIpc) is 2.16. The average molecular weight is 181 g/mol. The summed E-state index contributed by atoms with van der Waals surface area (Å²) in [7, 11) is 0. The Balaban J connectivity index is 3.93. The van der Waals surface area contributed by atoms with Crippen LogP contribution >= 0.6 is 0 Å². The Kier molecular flexibility index (Phi) is 5.94. The monoisotopic (exact) mass is 181 g/mol. The second-order valence-electron chi connectivity index (χ2n) is 3.09. The summed E-state index contributed by atoms with van der Waals surface area (Å²) >= 11 is 0. The fourth-order valence-corrected chi connectivity index (χ4v) is 0.946. The predicted octanol–water partition coefficient (Wildman–Crippen LogP) is 2.28. The van der Waals surface area contributed by atoms with Gasteiger partial charge in [-0.3, -0.25) is 4.79 Å². The Morgan fingerprint density at radius 2 is 2.23 bits per heavy atom. The largest absolute Gasteiger partial charge is 0.352 e. The van der Waals surface area contributed by atoms with Gasteiger partial charge in [0.25, 0.3) is 0 Å². The highest BCUT2D eigenvalue weighted by Crippen LogP contribution is 2.00. The van der Waals surface area contributed by atoms with E-state index in [0.717, 1.165) is 12.0 Å². The van der Waals surface area contributed by atoms with Gasteiger partial charge in [-0.25, -0.2) is 0 Å². The topological polar surface area (TPSA) is 29.1 Å². The van der Waals surface area contributed by atoms with Crippen molar-refractivity contribution in [1.29, 1.82) is 0 Å². The van der Waals surface area contributed by atoms with E-state index in [4.69, 9.17) is 0 Å². The van der Waals surface area contributed by atoms with Crippen LogP contribution in [0.1, 0.15) is 27.2 Å². The van der Waals surface area contributed by atoms with Crippen molar-refractivity contribution in [3.63, 3.8) is 0 Å². The van der Waals surface area contributed by atoms with Gasteiger partial charge in [-0.15, -0.1) is 6.58 Å². The van der Waals surface area contributed by atoms with Gasteiger partial charge in [0.2, 0.25) is 5.91 Å². The fraction of sp³-hybridized carbons (Fsp3) is 0.545. The van der Waals surface area contributed by atoms with Crippen molar-refractivity contribution in [1.82, 2.24) is 5.32 Å². The van der Waals surface area contributed by atoms with E-state index >= 15 is 0 Å². The predicted molar refractivity (Wildman–Crippen MR) is 56.4 cm³/mol. The molecule has 0 aliphatic rings. The Bertz CT molecular complexity index is 206. The van der Waals surface area contributed by atoms with E-state index in [-0.39, 0.29) is 5.91 Å². The molecule has 1 unspecified atom stereocenters. The van der Waals surface area contributed by atoms with Gasteiger partial charge in [-0.05, 0) is 19.3 Å². The molecule has 0 radical (unpaired) electrons. The number of rotatable bonds is 5. The molecule has 0 rings (SSSR count). The van der Waals surface area contributed by atoms with Gasteiger partial charge in [0.15, 0.2) is 0 Å². The van der Waals surface area contributed by atoms with Crippen LogP contribution in [0.5, 0.6) is 0 Å². The fourth-order valence-electron chi connectivity index (χ4n) is 0.946. The van der Waals surface area contributed by atoms with Gasteiger partial charge in [-0.1, -0.05) is 26.0 Å². The minimum atomic E-state index is 0.0405. The zero-order valence-corrected chi connectivity index (χ0v) is 8.76. The molecule has 0 aromatic rings. The van der Waals surface area contributed by atoms with Crippen LogP contribution in [0.25, 0.3) is 0 Å². The maximum atomic E-state index is 11.4. The SMILES string of the molecule is C=CC(C)CNC(=O)/C(=C\C)CC. The number of hydrogen-bond donors (Lipinski definition) is 1. The first-order valence-electron chi connectivity index (χ1n) is 4.71. The molecule has 0 fully saturated rings. The quantitative estimate of drug-likeness (QED) is 0.511. The first kappa shape index (κ1) is 11.9. The van der Waals surface area contributed by atoms with E-state index in [0.29, 0.717) is 12.5 Å². The summed E-state index contributed by atoms with van der Waals surface area (Å²) in [6.07, 6.45) is 4.47. The molecule has 0 aromatic carbocycles. The lowest BCUT2D eigenvalue weighted by Crippen LogP contribution is -2.28. The third kappa shape index (κ3) is 4.51. The van der Waals surface area contributed by atoms with Crippen LogP contribution in [0.4, 0.5) is 0 Å². The van der Waals surface area contributed by atoms with Crippen LogP contribution in [0, 0.1) is 5.92 Å². The molecular weight excluding hydrogens is 162 g/mol. The molecule has 1 N–H and O–H groups in total. The molecule has 0 saturated carbocycles. The van der Waals surface area contributed by atoms with Crippen molar-refractivity contribution in [2.75, 3.05) is 6.54 Å². The van der Waals surface area contributed by atoms with E-state index in [1.807, 2.05) is 32.9 Å². The van der Waals surface area contributed by atoms with Crippen LogP contribution in [-0.4, -0.2) is 12.5 Å². The van der Waals surface area contributed by atoms with Crippen molar-refractivity contribution < 1.29 is 4.79 Å². The van der Waals surface area contributed by atoms with Crippen molar-refractivity contribution in [2.45, 2.75) is 27.2 Å². The van der Waals surface area contributed by atoms with E-state index in [2.05, 4.69) is 11.9 Å². The molecule has 2 heteroatoms. The molecule has 0 heterocycles. The Morgan fingerprint density at radius 3 is 2.62 bits per heavy atom. The number of nitrogens with one attached hydrogen (secondary N) is 1. The third-order valence-electron chi connectivity index (χ3n) is 2.01. The summed E-state index contributed by atoms with van der Waals surface area (Å²) in [6, 6.07) is 0. The van der Waals surface area contributed by atoms with E-state index in [1.54, 1.807) is 0 Å². The number of carbonyl (C=O) groups is 1. The molecule has 74 valence electrons. The second kappa shape index (κ2) is 6.46. The van der Waals surface area contributed by atoms with E-state index in [9.17, 15) is 4.79 Å².